The van der Waals surface area contributed by atoms with Gasteiger partial charge in [-0.25, -0.2) is 0 Å². The van der Waals surface area contributed by atoms with Crippen LogP contribution in [0.2, 0.25) is 0 Å². The fraction of sp³-hybridized carbons (Fsp3) is 0.600. The van der Waals surface area contributed by atoms with Gasteiger partial charge in [-0.2, -0.15) is 0 Å². The number of hydrogen-bond acceptors (Lipinski definition) is 1. The second-order valence-electron chi connectivity index (χ2n) is 5.58. The lowest BCUT2D eigenvalue weighted by atomic mass is 9.75. The second kappa shape index (κ2) is 5.11. The van der Waals surface area contributed by atoms with E-state index in [1.165, 1.54) is 41.3 Å². The monoisotopic (exact) mass is 295 g/mol. The van der Waals surface area contributed by atoms with Crippen molar-refractivity contribution in [2.75, 3.05) is 6.54 Å². The molecule has 0 saturated heterocycles. The van der Waals surface area contributed by atoms with Crippen molar-refractivity contribution in [1.29, 1.82) is 0 Å². The van der Waals surface area contributed by atoms with E-state index < -0.39 is 0 Å². The van der Waals surface area contributed by atoms with Gasteiger partial charge in [0.05, 0.1) is 0 Å². The van der Waals surface area contributed by atoms with Gasteiger partial charge in [0.2, 0.25) is 0 Å². The molecule has 0 spiro atoms. The van der Waals surface area contributed by atoms with Gasteiger partial charge in [0.25, 0.3) is 0 Å². The third-order valence-electron chi connectivity index (χ3n) is 4.16. The summed E-state index contributed by atoms with van der Waals surface area (Å²) in [5, 5.41) is 0. The molecule has 0 radical (unpaired) electrons. The summed E-state index contributed by atoms with van der Waals surface area (Å²) in [6.07, 6.45) is 5.14. The number of halogens is 1. The van der Waals surface area contributed by atoms with Crippen LogP contribution in [0.15, 0.2) is 22.7 Å². The Morgan fingerprint density at radius 2 is 1.94 bits per heavy atom. The standard InChI is InChI=1S/C15H22BrN/c1-11(2)13-6-5-12(16)9-14(13)15(10-17)7-3-4-8-15/h5-6,9,11H,3-4,7-8,10,17H2,1-2H3. The summed E-state index contributed by atoms with van der Waals surface area (Å²) in [5.41, 5.74) is 9.30. The number of hydrogen-bond donors (Lipinski definition) is 1. The highest BCUT2D eigenvalue weighted by Crippen LogP contribution is 2.43. The lowest BCUT2D eigenvalue weighted by Crippen LogP contribution is -2.33. The van der Waals surface area contributed by atoms with E-state index in [9.17, 15) is 0 Å². The molecule has 0 heterocycles. The Labute approximate surface area is 113 Å². The molecule has 0 atom stereocenters. The molecule has 0 aliphatic heterocycles. The Balaban J connectivity index is 2.51. The quantitative estimate of drug-likeness (QED) is 0.882. The predicted molar refractivity (Wildman–Crippen MR) is 77.4 cm³/mol. The molecule has 0 amide bonds. The Bertz CT molecular complexity index is 392. The highest BCUT2D eigenvalue weighted by atomic mass is 79.9. The maximum absolute atomic E-state index is 6.10. The van der Waals surface area contributed by atoms with E-state index in [1.54, 1.807) is 0 Å². The second-order valence-corrected chi connectivity index (χ2v) is 6.49. The molecular formula is C15H22BrN. The average Bonchev–Trinajstić information content (AvgIpc) is 2.78. The first-order chi connectivity index (χ1) is 8.09. The van der Waals surface area contributed by atoms with Crippen molar-refractivity contribution < 1.29 is 0 Å². The van der Waals surface area contributed by atoms with Crippen LogP contribution in [-0.4, -0.2) is 6.54 Å². The van der Waals surface area contributed by atoms with E-state index in [1.807, 2.05) is 0 Å². The molecule has 2 N–H and O–H groups in total. The van der Waals surface area contributed by atoms with E-state index in [-0.39, 0.29) is 5.41 Å². The first kappa shape index (κ1) is 13.1. The summed E-state index contributed by atoms with van der Waals surface area (Å²) in [7, 11) is 0. The van der Waals surface area contributed by atoms with Crippen LogP contribution in [0.3, 0.4) is 0 Å². The summed E-state index contributed by atoms with van der Waals surface area (Å²) < 4.78 is 1.18. The summed E-state index contributed by atoms with van der Waals surface area (Å²) >= 11 is 3.61. The first-order valence-corrected chi connectivity index (χ1v) is 7.38. The van der Waals surface area contributed by atoms with Crippen molar-refractivity contribution in [3.8, 4) is 0 Å². The lowest BCUT2D eigenvalue weighted by molar-refractivity contribution is 0.446. The highest BCUT2D eigenvalue weighted by molar-refractivity contribution is 9.10. The van der Waals surface area contributed by atoms with Crippen LogP contribution in [0, 0.1) is 0 Å². The van der Waals surface area contributed by atoms with Crippen LogP contribution < -0.4 is 5.73 Å². The molecule has 1 nitrogen and oxygen atoms in total. The van der Waals surface area contributed by atoms with Crippen LogP contribution in [0.25, 0.3) is 0 Å². The van der Waals surface area contributed by atoms with Crippen molar-refractivity contribution in [3.63, 3.8) is 0 Å². The van der Waals surface area contributed by atoms with E-state index in [0.29, 0.717) is 5.92 Å². The van der Waals surface area contributed by atoms with Gasteiger partial charge >= 0.3 is 0 Å². The van der Waals surface area contributed by atoms with E-state index in [4.69, 9.17) is 5.73 Å². The largest absolute Gasteiger partial charge is 0.330 e. The Morgan fingerprint density at radius 1 is 1.29 bits per heavy atom. The molecule has 17 heavy (non-hydrogen) atoms. The minimum atomic E-state index is 0.239. The molecule has 2 heteroatoms. The van der Waals surface area contributed by atoms with E-state index in [2.05, 4.69) is 48.0 Å². The van der Waals surface area contributed by atoms with Gasteiger partial charge in [-0.15, -0.1) is 0 Å². The van der Waals surface area contributed by atoms with Gasteiger partial charge in [-0.1, -0.05) is 48.7 Å². The third-order valence-corrected chi connectivity index (χ3v) is 4.65. The molecule has 94 valence electrons. The minimum absolute atomic E-state index is 0.239. The molecule has 1 aromatic rings. The fourth-order valence-electron chi connectivity index (χ4n) is 3.13. The molecule has 0 bridgehead atoms. The first-order valence-electron chi connectivity index (χ1n) is 6.59. The summed E-state index contributed by atoms with van der Waals surface area (Å²) in [6, 6.07) is 6.71. The molecule has 1 aliphatic carbocycles. The molecule has 1 aromatic carbocycles. The summed E-state index contributed by atoms with van der Waals surface area (Å²) in [6.45, 7) is 5.32. The Hall–Kier alpha value is -0.340. The number of rotatable bonds is 3. The average molecular weight is 296 g/mol. The van der Waals surface area contributed by atoms with Crippen molar-refractivity contribution in [1.82, 2.24) is 0 Å². The maximum atomic E-state index is 6.10. The molecule has 0 unspecified atom stereocenters. The zero-order chi connectivity index (χ0) is 12.5. The fourth-order valence-corrected chi connectivity index (χ4v) is 3.49. The summed E-state index contributed by atoms with van der Waals surface area (Å²) in [5.74, 6) is 0.571. The van der Waals surface area contributed by atoms with Gasteiger partial charge in [0, 0.05) is 16.4 Å². The summed E-state index contributed by atoms with van der Waals surface area (Å²) in [4.78, 5) is 0. The number of nitrogens with two attached hydrogens (primary N) is 1. The lowest BCUT2D eigenvalue weighted by Gasteiger charge is -2.31. The Kier molecular flexibility index (Phi) is 3.94. The molecule has 1 saturated carbocycles. The molecule has 1 fully saturated rings. The van der Waals surface area contributed by atoms with Gasteiger partial charge in [0.15, 0.2) is 0 Å². The Morgan fingerprint density at radius 3 is 2.47 bits per heavy atom. The van der Waals surface area contributed by atoms with Crippen LogP contribution in [0.4, 0.5) is 0 Å². The highest BCUT2D eigenvalue weighted by Gasteiger charge is 2.36. The SMILES string of the molecule is CC(C)c1ccc(Br)cc1C1(CN)CCCC1. The van der Waals surface area contributed by atoms with Crippen LogP contribution in [0.5, 0.6) is 0 Å². The molecule has 2 rings (SSSR count). The normalized spacial score (nSPS) is 18.9. The van der Waals surface area contributed by atoms with Gasteiger partial charge in [-0.05, 0) is 42.0 Å². The van der Waals surface area contributed by atoms with Gasteiger partial charge in [-0.3, -0.25) is 0 Å². The number of benzene rings is 1. The van der Waals surface area contributed by atoms with Crippen molar-refractivity contribution in [3.05, 3.63) is 33.8 Å². The predicted octanol–water partition coefficient (Wildman–Crippen LogP) is 4.34. The van der Waals surface area contributed by atoms with Gasteiger partial charge in [0.1, 0.15) is 0 Å². The van der Waals surface area contributed by atoms with Gasteiger partial charge < -0.3 is 5.73 Å². The topological polar surface area (TPSA) is 26.0 Å². The maximum Gasteiger partial charge on any atom is 0.0178 e. The molecule has 1 aliphatic rings. The van der Waals surface area contributed by atoms with E-state index >= 15 is 0 Å². The zero-order valence-electron chi connectivity index (χ0n) is 10.8. The van der Waals surface area contributed by atoms with Crippen molar-refractivity contribution >= 4 is 15.9 Å². The van der Waals surface area contributed by atoms with Crippen LogP contribution >= 0.6 is 15.9 Å². The zero-order valence-corrected chi connectivity index (χ0v) is 12.4. The van der Waals surface area contributed by atoms with Crippen molar-refractivity contribution in [2.45, 2.75) is 50.9 Å². The van der Waals surface area contributed by atoms with E-state index in [0.717, 1.165) is 6.54 Å². The molecular weight excluding hydrogens is 274 g/mol. The van der Waals surface area contributed by atoms with Crippen molar-refractivity contribution in [2.24, 2.45) is 5.73 Å². The van der Waals surface area contributed by atoms with Crippen LogP contribution in [0.1, 0.15) is 56.6 Å². The van der Waals surface area contributed by atoms with Crippen LogP contribution in [-0.2, 0) is 5.41 Å². The molecule has 0 aromatic heterocycles. The third kappa shape index (κ3) is 2.43. The minimum Gasteiger partial charge on any atom is -0.330 e. The smallest absolute Gasteiger partial charge is 0.0178 e.